The second kappa shape index (κ2) is 8.50. The second-order valence-electron chi connectivity index (χ2n) is 6.01. The van der Waals surface area contributed by atoms with Crippen molar-refractivity contribution in [3.05, 3.63) is 48.0 Å². The molecular formula is C18H21N5O3. The van der Waals surface area contributed by atoms with E-state index in [1.165, 1.54) is 6.20 Å². The molecule has 0 bridgehead atoms. The molecule has 1 saturated heterocycles. The number of nitrogens with one attached hydrogen (secondary N) is 2. The Kier molecular flexibility index (Phi) is 5.88. The first kappa shape index (κ1) is 18.0. The summed E-state index contributed by atoms with van der Waals surface area (Å²) >= 11 is 0. The van der Waals surface area contributed by atoms with Crippen LogP contribution in [0.5, 0.6) is 0 Å². The number of morpholine rings is 1. The third kappa shape index (κ3) is 5.08. The van der Waals surface area contributed by atoms with Gasteiger partial charge >= 0.3 is 0 Å². The Morgan fingerprint density at radius 3 is 2.31 bits per heavy atom. The normalized spacial score (nSPS) is 14.7. The summed E-state index contributed by atoms with van der Waals surface area (Å²) in [5, 5.41) is 5.60. The molecule has 0 saturated carbocycles. The van der Waals surface area contributed by atoms with Gasteiger partial charge in [-0.25, -0.2) is 4.98 Å². The van der Waals surface area contributed by atoms with Crippen molar-refractivity contribution in [2.45, 2.75) is 6.92 Å². The summed E-state index contributed by atoms with van der Waals surface area (Å²) in [6.45, 7) is 5.00. The van der Waals surface area contributed by atoms with Gasteiger partial charge in [0, 0.05) is 30.7 Å². The van der Waals surface area contributed by atoms with Gasteiger partial charge in [0.15, 0.2) is 0 Å². The van der Waals surface area contributed by atoms with Gasteiger partial charge in [-0.2, -0.15) is 0 Å². The second-order valence-corrected chi connectivity index (χ2v) is 6.01. The summed E-state index contributed by atoms with van der Waals surface area (Å²) in [5.41, 5.74) is 2.29. The van der Waals surface area contributed by atoms with Crippen LogP contribution in [0.1, 0.15) is 16.2 Å². The Hall–Kier alpha value is -2.84. The number of aromatic nitrogens is 2. The molecule has 136 valence electrons. The zero-order chi connectivity index (χ0) is 18.4. The van der Waals surface area contributed by atoms with Crippen LogP contribution in [0, 0.1) is 6.92 Å². The van der Waals surface area contributed by atoms with Gasteiger partial charge in [0.1, 0.15) is 5.69 Å². The summed E-state index contributed by atoms with van der Waals surface area (Å²) in [6.07, 6.45) is 2.98. The van der Waals surface area contributed by atoms with Gasteiger partial charge < -0.3 is 15.4 Å². The summed E-state index contributed by atoms with van der Waals surface area (Å²) in [6, 6.07) is 6.94. The van der Waals surface area contributed by atoms with E-state index >= 15 is 0 Å². The summed E-state index contributed by atoms with van der Waals surface area (Å²) in [7, 11) is 0. The molecule has 0 unspecified atom stereocenters. The van der Waals surface area contributed by atoms with Gasteiger partial charge in [-0.1, -0.05) is 0 Å². The molecule has 1 aliphatic heterocycles. The Bertz CT molecular complexity index is 755. The number of nitrogens with zero attached hydrogens (tertiary/aromatic N) is 3. The van der Waals surface area contributed by atoms with Gasteiger partial charge in [0.25, 0.3) is 5.91 Å². The van der Waals surface area contributed by atoms with E-state index in [9.17, 15) is 9.59 Å². The Balaban J connectivity index is 1.52. The minimum absolute atomic E-state index is 0.0707. The van der Waals surface area contributed by atoms with Gasteiger partial charge in [-0.3, -0.25) is 19.5 Å². The van der Waals surface area contributed by atoms with Gasteiger partial charge in [-0.05, 0) is 31.2 Å². The molecule has 0 aliphatic carbocycles. The smallest absolute Gasteiger partial charge is 0.275 e. The van der Waals surface area contributed by atoms with E-state index in [1.807, 2.05) is 0 Å². The van der Waals surface area contributed by atoms with E-state index in [0.29, 0.717) is 31.1 Å². The van der Waals surface area contributed by atoms with E-state index in [0.717, 1.165) is 18.8 Å². The van der Waals surface area contributed by atoms with Crippen molar-refractivity contribution in [3.8, 4) is 0 Å². The Morgan fingerprint density at radius 1 is 1.04 bits per heavy atom. The van der Waals surface area contributed by atoms with Crippen LogP contribution in [-0.2, 0) is 9.53 Å². The third-order valence-electron chi connectivity index (χ3n) is 3.91. The zero-order valence-electron chi connectivity index (χ0n) is 14.6. The maximum atomic E-state index is 12.1. The highest BCUT2D eigenvalue weighted by molar-refractivity contribution is 6.02. The fourth-order valence-electron chi connectivity index (χ4n) is 2.50. The molecule has 1 aliphatic rings. The lowest BCUT2D eigenvalue weighted by molar-refractivity contribution is -0.118. The predicted octanol–water partition coefficient (Wildman–Crippen LogP) is 1.31. The van der Waals surface area contributed by atoms with Crippen molar-refractivity contribution in [1.29, 1.82) is 0 Å². The Labute approximate surface area is 151 Å². The molecule has 2 aromatic rings. The first-order valence-electron chi connectivity index (χ1n) is 8.40. The molecule has 8 heteroatoms. The van der Waals surface area contributed by atoms with Gasteiger partial charge in [-0.15, -0.1) is 0 Å². The van der Waals surface area contributed by atoms with Crippen LogP contribution in [0.3, 0.4) is 0 Å². The molecule has 26 heavy (non-hydrogen) atoms. The molecule has 8 nitrogen and oxygen atoms in total. The number of anilines is 2. The average molecular weight is 355 g/mol. The first-order chi connectivity index (χ1) is 12.6. The van der Waals surface area contributed by atoms with Crippen LogP contribution < -0.4 is 10.6 Å². The molecule has 1 aromatic heterocycles. The average Bonchev–Trinajstić information content (AvgIpc) is 2.64. The van der Waals surface area contributed by atoms with E-state index in [4.69, 9.17) is 4.74 Å². The molecule has 1 aromatic carbocycles. The fourth-order valence-corrected chi connectivity index (χ4v) is 2.50. The van der Waals surface area contributed by atoms with Gasteiger partial charge in [0.2, 0.25) is 5.91 Å². The summed E-state index contributed by atoms with van der Waals surface area (Å²) in [5.74, 6) is -0.403. The number of ether oxygens (including phenoxy) is 1. The fraction of sp³-hybridized carbons (Fsp3) is 0.333. The number of hydrogen-bond acceptors (Lipinski definition) is 6. The van der Waals surface area contributed by atoms with Crippen LogP contribution in [0.4, 0.5) is 11.4 Å². The molecule has 1 fully saturated rings. The van der Waals surface area contributed by atoms with E-state index in [1.54, 1.807) is 37.4 Å². The molecule has 2 amide bonds. The quantitative estimate of drug-likeness (QED) is 0.839. The van der Waals surface area contributed by atoms with Crippen molar-refractivity contribution in [2.24, 2.45) is 0 Å². The largest absolute Gasteiger partial charge is 0.379 e. The van der Waals surface area contributed by atoms with Crippen molar-refractivity contribution < 1.29 is 14.3 Å². The standard InChI is InChI=1S/C18H21N5O3/c1-13-10-20-16(11-19-13)18(25)22-15-4-2-14(3-5-15)21-17(24)12-23-6-8-26-9-7-23/h2-5,10-11H,6-9,12H2,1H3,(H,21,24)(H,22,25). The number of benzene rings is 1. The molecule has 3 rings (SSSR count). The topological polar surface area (TPSA) is 96.5 Å². The lowest BCUT2D eigenvalue weighted by Gasteiger charge is -2.25. The van der Waals surface area contributed by atoms with Crippen LogP contribution in [0.2, 0.25) is 0 Å². The van der Waals surface area contributed by atoms with Gasteiger partial charge in [0.05, 0.1) is 31.6 Å². The van der Waals surface area contributed by atoms with Crippen molar-refractivity contribution in [3.63, 3.8) is 0 Å². The highest BCUT2D eigenvalue weighted by atomic mass is 16.5. The monoisotopic (exact) mass is 355 g/mol. The van der Waals surface area contributed by atoms with E-state index < -0.39 is 0 Å². The van der Waals surface area contributed by atoms with E-state index in [-0.39, 0.29) is 17.5 Å². The minimum atomic E-state index is -0.332. The van der Waals surface area contributed by atoms with Crippen LogP contribution in [-0.4, -0.2) is 59.5 Å². The highest BCUT2D eigenvalue weighted by Gasteiger charge is 2.14. The first-order valence-corrected chi connectivity index (χ1v) is 8.40. The maximum Gasteiger partial charge on any atom is 0.275 e. The molecule has 0 radical (unpaired) electrons. The molecule has 0 spiro atoms. The molecular weight excluding hydrogens is 334 g/mol. The molecule has 2 heterocycles. The number of carbonyl (C=O) groups is 2. The maximum absolute atomic E-state index is 12.1. The lowest BCUT2D eigenvalue weighted by Crippen LogP contribution is -2.41. The van der Waals surface area contributed by atoms with Crippen molar-refractivity contribution in [1.82, 2.24) is 14.9 Å². The summed E-state index contributed by atoms with van der Waals surface area (Å²) in [4.78, 5) is 34.3. The number of rotatable bonds is 5. The van der Waals surface area contributed by atoms with Crippen LogP contribution in [0.15, 0.2) is 36.7 Å². The van der Waals surface area contributed by atoms with Crippen LogP contribution in [0.25, 0.3) is 0 Å². The van der Waals surface area contributed by atoms with Crippen molar-refractivity contribution >= 4 is 23.2 Å². The number of aryl methyl sites for hydroxylation is 1. The SMILES string of the molecule is Cc1cnc(C(=O)Nc2ccc(NC(=O)CN3CCOCC3)cc2)cn1. The molecule has 2 N–H and O–H groups in total. The number of amides is 2. The number of carbonyl (C=O) groups excluding carboxylic acids is 2. The van der Waals surface area contributed by atoms with Crippen molar-refractivity contribution in [2.75, 3.05) is 43.5 Å². The number of hydrogen-bond donors (Lipinski definition) is 2. The van der Waals surface area contributed by atoms with Crippen LogP contribution >= 0.6 is 0 Å². The third-order valence-corrected chi connectivity index (χ3v) is 3.91. The zero-order valence-corrected chi connectivity index (χ0v) is 14.6. The van der Waals surface area contributed by atoms with E-state index in [2.05, 4.69) is 25.5 Å². The Morgan fingerprint density at radius 2 is 1.69 bits per heavy atom. The highest BCUT2D eigenvalue weighted by Crippen LogP contribution is 2.14. The molecule has 0 atom stereocenters. The summed E-state index contributed by atoms with van der Waals surface area (Å²) < 4.78 is 5.27. The minimum Gasteiger partial charge on any atom is -0.379 e. The lowest BCUT2D eigenvalue weighted by atomic mass is 10.2. The predicted molar refractivity (Wildman–Crippen MR) is 97.1 cm³/mol.